The van der Waals surface area contributed by atoms with E-state index in [1.807, 2.05) is 0 Å². The van der Waals surface area contributed by atoms with Gasteiger partial charge in [-0.05, 0) is 18.8 Å². The molecule has 0 aromatic rings. The number of hydroxylamine groups is 1. The van der Waals surface area contributed by atoms with Gasteiger partial charge in [-0.3, -0.25) is 10.3 Å². The normalized spacial score (nSPS) is 18.0. The van der Waals surface area contributed by atoms with Gasteiger partial charge in [0.05, 0.1) is 6.61 Å². The first-order valence-corrected chi connectivity index (χ1v) is 2.91. The maximum Gasteiger partial charge on any atom is 0.0773 e. The van der Waals surface area contributed by atoms with Crippen LogP contribution in [0.15, 0.2) is 12.8 Å². The predicted octanol–water partition coefficient (Wildman–Crippen LogP) is 1.06. The van der Waals surface area contributed by atoms with E-state index in [0.717, 1.165) is 12.5 Å². The summed E-state index contributed by atoms with van der Waals surface area (Å²) in [4.78, 5) is 4.94. The minimum Gasteiger partial charge on any atom is -0.276 e. The first-order chi connectivity index (χ1) is 3.93. The Bertz CT molecular complexity index is 78.6. The van der Waals surface area contributed by atoms with Crippen molar-refractivity contribution in [2.24, 2.45) is 5.92 Å². The molecule has 2 heteroatoms. The van der Waals surface area contributed by atoms with Crippen LogP contribution in [0.5, 0.6) is 0 Å². The zero-order valence-electron chi connectivity index (χ0n) is 4.89. The van der Waals surface area contributed by atoms with Crippen molar-refractivity contribution in [2.75, 3.05) is 6.61 Å². The molecule has 46 valence electrons. The van der Waals surface area contributed by atoms with Gasteiger partial charge in [0.2, 0.25) is 0 Å². The largest absolute Gasteiger partial charge is 0.276 e. The molecule has 0 aromatic carbocycles. The Morgan fingerprint density at radius 1 is 1.75 bits per heavy atom. The van der Waals surface area contributed by atoms with Crippen LogP contribution < -0.4 is 5.48 Å². The summed E-state index contributed by atoms with van der Waals surface area (Å²) in [6, 6.07) is 0. The van der Waals surface area contributed by atoms with Crippen molar-refractivity contribution in [3.63, 3.8) is 0 Å². The molecule has 0 spiro atoms. The molecule has 0 bridgehead atoms. The van der Waals surface area contributed by atoms with Gasteiger partial charge < -0.3 is 0 Å². The van der Waals surface area contributed by atoms with Gasteiger partial charge in [-0.1, -0.05) is 6.58 Å². The molecule has 1 rings (SSSR count). The Hall–Kier alpha value is -0.500. The Morgan fingerprint density at radius 2 is 2.50 bits per heavy atom. The number of rotatable bonds is 4. The van der Waals surface area contributed by atoms with E-state index in [-0.39, 0.29) is 0 Å². The lowest BCUT2D eigenvalue weighted by molar-refractivity contribution is 0.0633. The Balaban J connectivity index is 1.80. The van der Waals surface area contributed by atoms with Crippen LogP contribution in [0.4, 0.5) is 0 Å². The molecule has 8 heavy (non-hydrogen) atoms. The van der Waals surface area contributed by atoms with E-state index in [2.05, 4.69) is 12.1 Å². The molecule has 0 radical (unpaired) electrons. The standard InChI is InChI=1S/C6H11NO/c1-2-7-8-5-6-3-4-6/h2,6-7H,1,3-5H2. The molecule has 1 aliphatic carbocycles. The second-order valence-electron chi connectivity index (χ2n) is 2.08. The molecule has 0 aromatic heterocycles. The Morgan fingerprint density at radius 3 is 3.00 bits per heavy atom. The smallest absolute Gasteiger partial charge is 0.0773 e. The van der Waals surface area contributed by atoms with Gasteiger partial charge in [-0.15, -0.1) is 0 Å². The highest BCUT2D eigenvalue weighted by Crippen LogP contribution is 2.28. The molecule has 0 heterocycles. The van der Waals surface area contributed by atoms with Crippen molar-refractivity contribution in [3.05, 3.63) is 12.8 Å². The lowest BCUT2D eigenvalue weighted by Crippen LogP contribution is -2.07. The lowest BCUT2D eigenvalue weighted by Gasteiger charge is -1.97. The molecule has 0 saturated heterocycles. The molecule has 1 aliphatic rings. The first kappa shape index (κ1) is 5.63. The van der Waals surface area contributed by atoms with E-state index in [9.17, 15) is 0 Å². The van der Waals surface area contributed by atoms with Crippen molar-refractivity contribution >= 4 is 0 Å². The summed E-state index contributed by atoms with van der Waals surface area (Å²) in [5.41, 5.74) is 2.58. The molecule has 0 unspecified atom stereocenters. The quantitative estimate of drug-likeness (QED) is 0.435. The SMILES string of the molecule is C=CNOCC1CC1. The zero-order valence-corrected chi connectivity index (χ0v) is 4.89. The Labute approximate surface area is 49.5 Å². The average molecular weight is 113 g/mol. The van der Waals surface area contributed by atoms with Crippen LogP contribution in [0.1, 0.15) is 12.8 Å². The van der Waals surface area contributed by atoms with Crippen molar-refractivity contribution < 1.29 is 4.84 Å². The van der Waals surface area contributed by atoms with Crippen LogP contribution in [-0.4, -0.2) is 6.61 Å². The second-order valence-corrected chi connectivity index (χ2v) is 2.08. The van der Waals surface area contributed by atoms with E-state index in [0.29, 0.717) is 0 Å². The fourth-order valence-electron chi connectivity index (χ4n) is 0.509. The maximum atomic E-state index is 4.94. The van der Waals surface area contributed by atoms with Crippen LogP contribution >= 0.6 is 0 Å². The van der Waals surface area contributed by atoms with Gasteiger partial charge >= 0.3 is 0 Å². The molecule has 0 atom stereocenters. The highest BCUT2D eigenvalue weighted by atomic mass is 16.6. The molecular formula is C6H11NO. The van der Waals surface area contributed by atoms with E-state index < -0.39 is 0 Å². The summed E-state index contributed by atoms with van der Waals surface area (Å²) in [5.74, 6) is 0.822. The van der Waals surface area contributed by atoms with Gasteiger partial charge in [-0.25, -0.2) is 0 Å². The summed E-state index contributed by atoms with van der Waals surface area (Å²) in [7, 11) is 0. The summed E-state index contributed by atoms with van der Waals surface area (Å²) < 4.78 is 0. The van der Waals surface area contributed by atoms with Crippen molar-refractivity contribution in [1.29, 1.82) is 0 Å². The highest BCUT2D eigenvalue weighted by Gasteiger charge is 2.20. The van der Waals surface area contributed by atoms with E-state index in [4.69, 9.17) is 4.84 Å². The fraction of sp³-hybridized carbons (Fsp3) is 0.667. The molecule has 1 fully saturated rings. The van der Waals surface area contributed by atoms with Crippen molar-refractivity contribution in [2.45, 2.75) is 12.8 Å². The highest BCUT2D eigenvalue weighted by molar-refractivity contribution is 4.71. The third-order valence-electron chi connectivity index (χ3n) is 1.18. The number of hydrogen-bond acceptors (Lipinski definition) is 2. The third-order valence-corrected chi connectivity index (χ3v) is 1.18. The number of hydrogen-bond donors (Lipinski definition) is 1. The van der Waals surface area contributed by atoms with Crippen molar-refractivity contribution in [3.8, 4) is 0 Å². The van der Waals surface area contributed by atoms with Crippen LogP contribution in [0.25, 0.3) is 0 Å². The van der Waals surface area contributed by atoms with Crippen LogP contribution in [0, 0.1) is 5.92 Å². The first-order valence-electron chi connectivity index (χ1n) is 2.91. The van der Waals surface area contributed by atoms with Crippen LogP contribution in [0.3, 0.4) is 0 Å². The van der Waals surface area contributed by atoms with Crippen LogP contribution in [0.2, 0.25) is 0 Å². The fourth-order valence-corrected chi connectivity index (χ4v) is 0.509. The predicted molar refractivity (Wildman–Crippen MR) is 32.0 cm³/mol. The minimum atomic E-state index is 0.822. The van der Waals surface area contributed by atoms with Gasteiger partial charge in [-0.2, -0.15) is 0 Å². The summed E-state index contributed by atoms with van der Waals surface area (Å²) in [6.07, 6.45) is 4.21. The van der Waals surface area contributed by atoms with Gasteiger partial charge in [0.25, 0.3) is 0 Å². The minimum absolute atomic E-state index is 0.822. The van der Waals surface area contributed by atoms with Gasteiger partial charge in [0, 0.05) is 6.20 Å². The molecule has 2 nitrogen and oxygen atoms in total. The van der Waals surface area contributed by atoms with E-state index in [1.165, 1.54) is 12.8 Å². The monoisotopic (exact) mass is 113 g/mol. The number of nitrogens with one attached hydrogen (secondary N) is 1. The van der Waals surface area contributed by atoms with E-state index in [1.54, 1.807) is 6.20 Å². The molecule has 1 saturated carbocycles. The molecule has 1 N–H and O–H groups in total. The Kier molecular flexibility index (Phi) is 1.92. The molecule has 0 aliphatic heterocycles. The van der Waals surface area contributed by atoms with Gasteiger partial charge in [0.1, 0.15) is 0 Å². The summed E-state index contributed by atoms with van der Waals surface area (Å²) in [5, 5.41) is 0. The third kappa shape index (κ3) is 1.98. The topological polar surface area (TPSA) is 21.3 Å². The zero-order chi connectivity index (χ0) is 5.82. The van der Waals surface area contributed by atoms with E-state index >= 15 is 0 Å². The summed E-state index contributed by atoms with van der Waals surface area (Å²) in [6.45, 7) is 4.28. The van der Waals surface area contributed by atoms with Crippen molar-refractivity contribution in [1.82, 2.24) is 5.48 Å². The summed E-state index contributed by atoms with van der Waals surface area (Å²) >= 11 is 0. The molecular weight excluding hydrogens is 102 g/mol. The maximum absolute atomic E-state index is 4.94. The second kappa shape index (κ2) is 2.72. The average Bonchev–Trinajstić information content (AvgIpc) is 2.51. The van der Waals surface area contributed by atoms with Gasteiger partial charge in [0.15, 0.2) is 0 Å². The lowest BCUT2D eigenvalue weighted by atomic mass is 10.5. The van der Waals surface area contributed by atoms with Crippen LogP contribution in [-0.2, 0) is 4.84 Å². The molecule has 0 amide bonds.